The van der Waals surface area contributed by atoms with E-state index in [1.165, 1.54) is 5.56 Å². The summed E-state index contributed by atoms with van der Waals surface area (Å²) in [4.78, 5) is 0. The zero-order valence-electron chi connectivity index (χ0n) is 37.1. The van der Waals surface area contributed by atoms with Crippen LogP contribution in [0.2, 0.25) is 0 Å². The molecule has 0 saturated heterocycles. The molecule has 0 N–H and O–H groups in total. The maximum Gasteiger partial charge on any atom is 0.147 e. The molecule has 10 aromatic carbocycles. The number of fused-ring (bicyclic) bond motifs is 12. The van der Waals surface area contributed by atoms with Crippen LogP contribution in [-0.4, -0.2) is 14.2 Å². The summed E-state index contributed by atoms with van der Waals surface area (Å²) in [6.45, 7) is 0. The van der Waals surface area contributed by atoms with Crippen LogP contribution in [0.25, 0.3) is 132 Å². The lowest BCUT2D eigenvalue weighted by molar-refractivity contribution is 0.416. The molecule has 6 heteroatoms. The van der Waals surface area contributed by atoms with E-state index in [0.29, 0.717) is 0 Å². The first-order valence-corrected chi connectivity index (χ1v) is 22.6. The number of hydrogen-bond donors (Lipinski definition) is 0. The molecule has 0 amide bonds. The summed E-state index contributed by atoms with van der Waals surface area (Å²) >= 11 is 0. The van der Waals surface area contributed by atoms with E-state index in [9.17, 15) is 0 Å². The van der Waals surface area contributed by atoms with Crippen molar-refractivity contribution in [2.45, 2.75) is 0 Å². The number of methoxy groups -OCH3 is 2. The highest BCUT2D eigenvalue weighted by atomic mass is 16.5. The first-order valence-electron chi connectivity index (χ1n) is 22.6. The van der Waals surface area contributed by atoms with E-state index in [1.54, 1.807) is 14.2 Å². The average Bonchev–Trinajstić information content (AvgIpc) is 4.18. The molecular formula is C62H40O6. The second-order valence-electron chi connectivity index (χ2n) is 16.9. The molecule has 0 aliphatic rings. The van der Waals surface area contributed by atoms with E-state index in [4.69, 9.17) is 27.1 Å². The fourth-order valence-electron chi connectivity index (χ4n) is 10.1. The normalized spacial score (nSPS) is 11.7. The lowest BCUT2D eigenvalue weighted by Gasteiger charge is -2.10. The van der Waals surface area contributed by atoms with E-state index in [1.807, 2.05) is 84.9 Å². The van der Waals surface area contributed by atoms with Crippen LogP contribution in [-0.2, 0) is 0 Å². The van der Waals surface area contributed by atoms with E-state index in [-0.39, 0.29) is 0 Å². The molecule has 0 atom stereocenters. The summed E-state index contributed by atoms with van der Waals surface area (Å²) in [6.07, 6.45) is 0. The second kappa shape index (κ2) is 15.9. The monoisotopic (exact) mass is 880 g/mol. The quantitative estimate of drug-likeness (QED) is 0.166. The first-order chi connectivity index (χ1) is 33.6. The molecule has 0 bridgehead atoms. The fraction of sp³-hybridized carbons (Fsp3) is 0.0323. The predicted molar refractivity (Wildman–Crippen MR) is 277 cm³/mol. The third-order valence-corrected chi connectivity index (χ3v) is 13.2. The van der Waals surface area contributed by atoms with Gasteiger partial charge in [0.1, 0.15) is 56.2 Å². The van der Waals surface area contributed by atoms with Gasteiger partial charge in [-0.1, -0.05) is 146 Å². The van der Waals surface area contributed by atoms with Gasteiger partial charge >= 0.3 is 0 Å². The standard InChI is InChI=1S/2C31H20O3/c1-32-26-18-17-22-21-11-5-6-15-25(21)33-31(22)29(26)23-13-8-16-27-28(23)24-14-7-12-20(30(24)34-27)19-9-3-2-4-10-19;1-32-26-17-16-22-21-10-5-6-12-25(21)34-31(22)30(26)24-11-7-13-27-29(24)23-15-14-20(18-28(23)33-27)19-8-3-2-4-9-19/h2*2-18H,1H3. The Morgan fingerprint density at radius 2 is 0.735 bits per heavy atom. The number of ether oxygens (including phenoxy) is 2. The van der Waals surface area contributed by atoms with Crippen LogP contribution in [0.3, 0.4) is 0 Å². The van der Waals surface area contributed by atoms with Crippen molar-refractivity contribution in [1.82, 2.24) is 0 Å². The molecule has 0 aliphatic carbocycles. The Kier molecular flexibility index (Phi) is 9.18. The molecule has 14 rings (SSSR count). The smallest absolute Gasteiger partial charge is 0.147 e. The van der Waals surface area contributed by atoms with Crippen molar-refractivity contribution in [2.24, 2.45) is 0 Å². The summed E-state index contributed by atoms with van der Waals surface area (Å²) < 4.78 is 37.3. The highest BCUT2D eigenvalue weighted by molar-refractivity contribution is 6.21. The van der Waals surface area contributed by atoms with E-state index in [2.05, 4.69) is 121 Å². The molecular weight excluding hydrogens is 841 g/mol. The maximum atomic E-state index is 6.47. The van der Waals surface area contributed by atoms with E-state index < -0.39 is 0 Å². The molecule has 324 valence electrons. The van der Waals surface area contributed by atoms with Gasteiger partial charge in [0.15, 0.2) is 0 Å². The van der Waals surface area contributed by atoms with Gasteiger partial charge < -0.3 is 27.1 Å². The molecule has 14 aromatic rings. The minimum atomic E-state index is 0.771. The zero-order valence-corrected chi connectivity index (χ0v) is 37.1. The Morgan fingerprint density at radius 1 is 0.279 bits per heavy atom. The average molecular weight is 881 g/mol. The maximum absolute atomic E-state index is 6.47. The third kappa shape index (κ3) is 6.19. The lowest BCUT2D eigenvalue weighted by Crippen LogP contribution is -1.89. The van der Waals surface area contributed by atoms with Crippen molar-refractivity contribution in [3.05, 3.63) is 206 Å². The SMILES string of the molecule is COc1ccc2c(oc3ccccc32)c1-c1cccc2oc3c(-c4ccccc4)cccc3c12.COc1ccc2c(oc3ccccc32)c1-c1cccc2oc3cc(-c4ccccc4)ccc3c12. The van der Waals surface area contributed by atoms with Crippen molar-refractivity contribution >= 4 is 87.8 Å². The van der Waals surface area contributed by atoms with Crippen molar-refractivity contribution in [3.8, 4) is 56.0 Å². The topological polar surface area (TPSA) is 71.0 Å². The summed E-state index contributed by atoms with van der Waals surface area (Å²) in [5, 5.41) is 8.59. The molecule has 0 spiro atoms. The van der Waals surface area contributed by atoms with Crippen LogP contribution in [0, 0.1) is 0 Å². The van der Waals surface area contributed by atoms with Crippen LogP contribution in [0.5, 0.6) is 11.5 Å². The fourth-order valence-corrected chi connectivity index (χ4v) is 10.1. The number of benzene rings is 10. The molecule has 6 nitrogen and oxygen atoms in total. The predicted octanol–water partition coefficient (Wildman–Crippen LogP) is 17.7. The molecule has 68 heavy (non-hydrogen) atoms. The molecule has 0 aliphatic heterocycles. The van der Waals surface area contributed by atoms with Crippen LogP contribution < -0.4 is 9.47 Å². The van der Waals surface area contributed by atoms with Crippen molar-refractivity contribution < 1.29 is 27.1 Å². The second-order valence-corrected chi connectivity index (χ2v) is 16.9. The largest absolute Gasteiger partial charge is 0.496 e. The van der Waals surface area contributed by atoms with E-state index in [0.717, 1.165) is 138 Å². The van der Waals surface area contributed by atoms with Crippen LogP contribution in [0.4, 0.5) is 0 Å². The van der Waals surface area contributed by atoms with Gasteiger partial charge in [-0.15, -0.1) is 0 Å². The van der Waals surface area contributed by atoms with Gasteiger partial charge in [0, 0.05) is 59.8 Å². The van der Waals surface area contributed by atoms with Crippen molar-refractivity contribution in [1.29, 1.82) is 0 Å². The number of rotatable bonds is 6. The summed E-state index contributed by atoms with van der Waals surface area (Å²) in [7, 11) is 3.40. The van der Waals surface area contributed by atoms with Crippen LogP contribution >= 0.6 is 0 Å². The summed E-state index contributed by atoms with van der Waals surface area (Å²) in [5.41, 5.74) is 15.2. The third-order valence-electron chi connectivity index (χ3n) is 13.2. The number of furan rings is 4. The molecule has 0 unspecified atom stereocenters. The van der Waals surface area contributed by atoms with Gasteiger partial charge in [0.25, 0.3) is 0 Å². The molecule has 4 aromatic heterocycles. The van der Waals surface area contributed by atoms with Gasteiger partial charge in [0.2, 0.25) is 0 Å². The van der Waals surface area contributed by atoms with Gasteiger partial charge in [-0.05, 0) is 77.4 Å². The van der Waals surface area contributed by atoms with Crippen LogP contribution in [0.1, 0.15) is 0 Å². The molecule has 0 fully saturated rings. The zero-order chi connectivity index (χ0) is 45.3. The highest BCUT2D eigenvalue weighted by Gasteiger charge is 2.24. The van der Waals surface area contributed by atoms with Crippen molar-refractivity contribution in [3.63, 3.8) is 0 Å². The van der Waals surface area contributed by atoms with E-state index >= 15 is 0 Å². The first kappa shape index (κ1) is 39.4. The summed E-state index contributed by atoms with van der Waals surface area (Å²) in [5.74, 6) is 1.54. The number of hydrogen-bond acceptors (Lipinski definition) is 6. The van der Waals surface area contributed by atoms with Gasteiger partial charge in [0.05, 0.1) is 25.3 Å². The highest BCUT2D eigenvalue weighted by Crippen LogP contribution is 2.48. The number of para-hydroxylation sites is 3. The van der Waals surface area contributed by atoms with Gasteiger partial charge in [-0.2, -0.15) is 0 Å². The molecule has 0 saturated carbocycles. The lowest BCUT2D eigenvalue weighted by atomic mass is 9.95. The Bertz CT molecular complexity index is 4230. The molecule has 4 heterocycles. The van der Waals surface area contributed by atoms with Gasteiger partial charge in [-0.25, -0.2) is 0 Å². The Morgan fingerprint density at radius 3 is 1.34 bits per heavy atom. The van der Waals surface area contributed by atoms with Gasteiger partial charge in [-0.3, -0.25) is 0 Å². The van der Waals surface area contributed by atoms with Crippen molar-refractivity contribution in [2.75, 3.05) is 14.2 Å². The minimum absolute atomic E-state index is 0.771. The Balaban J connectivity index is 0.000000134. The van der Waals surface area contributed by atoms with Crippen LogP contribution in [0.15, 0.2) is 224 Å². The Labute approximate surface area is 389 Å². The minimum Gasteiger partial charge on any atom is -0.496 e. The Hall–Kier alpha value is -9.00. The summed E-state index contributed by atoms with van der Waals surface area (Å²) in [6, 6.07) is 70.3. The molecule has 0 radical (unpaired) electrons.